The standard InChI is InChI=1S/C27H36N6O/c1-5-8-14-34-26-16-20(19(4)31-24(11-7-3)23(29)10-6-2)15-25-22(26)18-30-33(25)27-13-9-12-21(17-28)32-27/h7,9,11-13,15-16,18,23H,3,5-6,8,10,14,17,28-29H2,1-2,4H3/b24-11-,31-19?/t23-/m0/s1. The van der Waals surface area contributed by atoms with Crippen LogP contribution in [0.5, 0.6) is 5.75 Å². The van der Waals surface area contributed by atoms with Gasteiger partial charge in [-0.25, -0.2) is 9.67 Å². The van der Waals surface area contributed by atoms with Crippen molar-refractivity contribution in [1.82, 2.24) is 14.8 Å². The van der Waals surface area contributed by atoms with Gasteiger partial charge in [0.25, 0.3) is 0 Å². The number of ether oxygens (including phenoxy) is 1. The van der Waals surface area contributed by atoms with Gasteiger partial charge in [-0.3, -0.25) is 4.99 Å². The number of aliphatic imine (C=N–C) groups is 1. The zero-order valence-electron chi connectivity index (χ0n) is 20.5. The van der Waals surface area contributed by atoms with Crippen LogP contribution in [0.4, 0.5) is 0 Å². The molecule has 0 fully saturated rings. The molecule has 1 aromatic carbocycles. The Morgan fingerprint density at radius 2 is 2.09 bits per heavy atom. The fourth-order valence-electron chi connectivity index (χ4n) is 3.71. The van der Waals surface area contributed by atoms with Crippen molar-refractivity contribution < 1.29 is 4.74 Å². The van der Waals surface area contributed by atoms with Crippen LogP contribution in [0.3, 0.4) is 0 Å². The van der Waals surface area contributed by atoms with Crippen LogP contribution in [-0.2, 0) is 6.54 Å². The Balaban J connectivity index is 2.13. The second-order valence-corrected chi connectivity index (χ2v) is 8.28. The van der Waals surface area contributed by atoms with E-state index in [2.05, 4.69) is 36.6 Å². The van der Waals surface area contributed by atoms with E-state index in [1.165, 1.54) is 0 Å². The molecule has 0 amide bonds. The molecule has 7 nitrogen and oxygen atoms in total. The van der Waals surface area contributed by atoms with E-state index in [0.29, 0.717) is 19.0 Å². The van der Waals surface area contributed by atoms with Gasteiger partial charge in [-0.15, -0.1) is 0 Å². The Morgan fingerprint density at radius 3 is 2.79 bits per heavy atom. The minimum absolute atomic E-state index is 0.143. The predicted molar refractivity (Wildman–Crippen MR) is 141 cm³/mol. The summed E-state index contributed by atoms with van der Waals surface area (Å²) in [5.74, 6) is 1.49. The lowest BCUT2D eigenvalue weighted by Gasteiger charge is -2.14. The molecule has 0 saturated carbocycles. The second kappa shape index (κ2) is 12.3. The highest BCUT2D eigenvalue weighted by atomic mass is 16.5. The Hall–Kier alpha value is -3.29. The molecule has 0 spiro atoms. The van der Waals surface area contributed by atoms with Crippen LogP contribution in [0.2, 0.25) is 0 Å². The second-order valence-electron chi connectivity index (χ2n) is 8.28. The summed E-state index contributed by atoms with van der Waals surface area (Å²) in [5, 5.41) is 5.55. The van der Waals surface area contributed by atoms with Crippen molar-refractivity contribution in [2.24, 2.45) is 16.5 Å². The van der Waals surface area contributed by atoms with Gasteiger partial charge in [0.15, 0.2) is 5.82 Å². The number of unbranched alkanes of at least 4 members (excludes halogenated alkanes) is 1. The summed E-state index contributed by atoms with van der Waals surface area (Å²) in [6, 6.07) is 9.73. The fourth-order valence-corrected chi connectivity index (χ4v) is 3.71. The van der Waals surface area contributed by atoms with Crippen molar-refractivity contribution in [3.05, 3.63) is 72.2 Å². The topological polar surface area (TPSA) is 104 Å². The molecule has 4 N–H and O–H groups in total. The van der Waals surface area contributed by atoms with Gasteiger partial charge < -0.3 is 16.2 Å². The number of pyridine rings is 1. The normalized spacial score (nSPS) is 13.3. The summed E-state index contributed by atoms with van der Waals surface area (Å²) < 4.78 is 8.00. The average molecular weight is 461 g/mol. The van der Waals surface area contributed by atoms with E-state index in [-0.39, 0.29) is 6.04 Å². The number of hydrogen-bond donors (Lipinski definition) is 2. The molecule has 0 saturated heterocycles. The zero-order chi connectivity index (χ0) is 24.5. The lowest BCUT2D eigenvalue weighted by molar-refractivity contribution is 0.313. The highest BCUT2D eigenvalue weighted by molar-refractivity contribution is 6.03. The number of aromatic nitrogens is 3. The van der Waals surface area contributed by atoms with Crippen molar-refractivity contribution in [2.75, 3.05) is 6.61 Å². The fraction of sp³-hybridized carbons (Fsp3) is 0.370. The first-order chi connectivity index (χ1) is 16.5. The van der Waals surface area contributed by atoms with Crippen molar-refractivity contribution in [2.45, 2.75) is 59.0 Å². The van der Waals surface area contributed by atoms with Crippen molar-refractivity contribution in [1.29, 1.82) is 0 Å². The van der Waals surface area contributed by atoms with E-state index in [1.54, 1.807) is 6.08 Å². The molecule has 180 valence electrons. The van der Waals surface area contributed by atoms with Crippen LogP contribution in [0.1, 0.15) is 57.7 Å². The summed E-state index contributed by atoms with van der Waals surface area (Å²) in [6.07, 6.45) is 9.32. The Morgan fingerprint density at radius 1 is 1.26 bits per heavy atom. The lowest BCUT2D eigenvalue weighted by Crippen LogP contribution is -2.22. The minimum atomic E-state index is -0.143. The molecule has 0 bridgehead atoms. The summed E-state index contributed by atoms with van der Waals surface area (Å²) in [4.78, 5) is 9.53. The number of benzene rings is 1. The van der Waals surface area contributed by atoms with Crippen LogP contribution in [0.15, 0.2) is 65.9 Å². The molecule has 0 aliphatic rings. The van der Waals surface area contributed by atoms with E-state index < -0.39 is 0 Å². The molecule has 2 heterocycles. The molecule has 7 heteroatoms. The van der Waals surface area contributed by atoms with Gasteiger partial charge in [0.05, 0.1) is 35.1 Å². The Kier molecular flexibility index (Phi) is 9.13. The quantitative estimate of drug-likeness (QED) is 0.223. The van der Waals surface area contributed by atoms with E-state index in [9.17, 15) is 0 Å². The van der Waals surface area contributed by atoms with E-state index in [4.69, 9.17) is 21.2 Å². The van der Waals surface area contributed by atoms with Crippen LogP contribution in [0, 0.1) is 0 Å². The maximum absolute atomic E-state index is 6.37. The number of fused-ring (bicyclic) bond motifs is 1. The monoisotopic (exact) mass is 460 g/mol. The number of hydrogen-bond acceptors (Lipinski definition) is 6. The van der Waals surface area contributed by atoms with Gasteiger partial charge in [0, 0.05) is 23.9 Å². The third kappa shape index (κ3) is 5.98. The molecule has 0 unspecified atom stereocenters. The molecular weight excluding hydrogens is 424 g/mol. The summed E-state index contributed by atoms with van der Waals surface area (Å²) >= 11 is 0. The van der Waals surface area contributed by atoms with Crippen molar-refractivity contribution in [3.63, 3.8) is 0 Å². The maximum Gasteiger partial charge on any atom is 0.154 e. The SMILES string of the molecule is C=C/C=C(\N=C(C)c1cc(OCCCC)c2cnn(-c3cccc(CN)n3)c2c1)[C@@H](N)CCC. The van der Waals surface area contributed by atoms with Gasteiger partial charge >= 0.3 is 0 Å². The molecular formula is C27H36N6O. The number of rotatable bonds is 12. The van der Waals surface area contributed by atoms with Gasteiger partial charge in [-0.2, -0.15) is 5.10 Å². The van der Waals surface area contributed by atoms with Crippen LogP contribution in [-0.4, -0.2) is 33.1 Å². The lowest BCUT2D eigenvalue weighted by atomic mass is 10.1. The zero-order valence-corrected chi connectivity index (χ0v) is 20.5. The molecule has 1 atom stereocenters. The van der Waals surface area contributed by atoms with Crippen molar-refractivity contribution >= 4 is 16.6 Å². The molecule has 34 heavy (non-hydrogen) atoms. The molecule has 0 radical (unpaired) electrons. The minimum Gasteiger partial charge on any atom is -0.493 e. The Bertz CT molecular complexity index is 1180. The first-order valence-corrected chi connectivity index (χ1v) is 12.0. The van der Waals surface area contributed by atoms with Gasteiger partial charge in [0.2, 0.25) is 0 Å². The number of allylic oxidation sites excluding steroid dienone is 2. The number of nitrogens with two attached hydrogens (primary N) is 2. The van der Waals surface area contributed by atoms with E-state index in [0.717, 1.165) is 65.0 Å². The smallest absolute Gasteiger partial charge is 0.154 e. The molecule has 3 aromatic rings. The molecule has 0 aliphatic carbocycles. The first kappa shape index (κ1) is 25.3. The predicted octanol–water partition coefficient (Wildman–Crippen LogP) is 5.06. The van der Waals surface area contributed by atoms with Crippen molar-refractivity contribution in [3.8, 4) is 11.6 Å². The van der Waals surface area contributed by atoms with E-state index >= 15 is 0 Å². The molecule has 3 rings (SSSR count). The highest BCUT2D eigenvalue weighted by Gasteiger charge is 2.15. The number of nitrogens with zero attached hydrogens (tertiary/aromatic N) is 4. The third-order valence-electron chi connectivity index (χ3n) is 5.61. The van der Waals surface area contributed by atoms with Crippen LogP contribution in [0.25, 0.3) is 16.7 Å². The average Bonchev–Trinajstić information content (AvgIpc) is 3.28. The van der Waals surface area contributed by atoms with E-state index in [1.807, 2.05) is 48.1 Å². The van der Waals surface area contributed by atoms with Gasteiger partial charge in [0.1, 0.15) is 5.75 Å². The first-order valence-electron chi connectivity index (χ1n) is 12.0. The van der Waals surface area contributed by atoms with Gasteiger partial charge in [-0.05, 0) is 50.1 Å². The molecule has 0 aliphatic heterocycles. The van der Waals surface area contributed by atoms with Crippen LogP contribution >= 0.6 is 0 Å². The highest BCUT2D eigenvalue weighted by Crippen LogP contribution is 2.30. The summed E-state index contributed by atoms with van der Waals surface area (Å²) in [7, 11) is 0. The molecule has 2 aromatic heterocycles. The van der Waals surface area contributed by atoms with Gasteiger partial charge in [-0.1, -0.05) is 45.4 Å². The third-order valence-corrected chi connectivity index (χ3v) is 5.61. The maximum atomic E-state index is 6.37. The largest absolute Gasteiger partial charge is 0.493 e. The summed E-state index contributed by atoms with van der Waals surface area (Å²) in [6.45, 7) is 11.1. The summed E-state index contributed by atoms with van der Waals surface area (Å²) in [5.41, 5.74) is 16.5. The Labute approximate surface area is 202 Å². The van der Waals surface area contributed by atoms with Crippen LogP contribution < -0.4 is 16.2 Å².